The maximum Gasteiger partial charge on any atom is 0.325 e. The van der Waals surface area contributed by atoms with Crippen molar-refractivity contribution in [3.05, 3.63) is 27.7 Å². The maximum atomic E-state index is 12.8. The second-order valence-electron chi connectivity index (χ2n) is 5.97. The van der Waals surface area contributed by atoms with Gasteiger partial charge in [-0.3, -0.25) is 9.59 Å². The number of hydrogen-bond donors (Lipinski definition) is 2. The summed E-state index contributed by atoms with van der Waals surface area (Å²) in [6.07, 6.45) is -0.0880. The average Bonchev–Trinajstić information content (AvgIpc) is 2.54. The van der Waals surface area contributed by atoms with Crippen molar-refractivity contribution in [3.8, 4) is 0 Å². The molecular weight excluding hydrogens is 471 g/mol. The number of nitrogens with one attached hydrogen (secondary N) is 1. The summed E-state index contributed by atoms with van der Waals surface area (Å²) in [5, 5.41) is 10.1. The predicted molar refractivity (Wildman–Crippen MR) is 101 cm³/mol. The van der Waals surface area contributed by atoms with Crippen molar-refractivity contribution >= 4 is 61.0 Å². The average molecular weight is 488 g/mol. The molecule has 1 amide bonds. The molecule has 1 heterocycles. The van der Waals surface area contributed by atoms with Crippen LogP contribution in [0.1, 0.15) is 25.3 Å². The zero-order valence-corrected chi connectivity index (χ0v) is 17.7. The smallest absolute Gasteiger partial charge is 0.325 e. The third kappa shape index (κ3) is 4.17. The minimum Gasteiger partial charge on any atom is -0.480 e. The Kier molecular flexibility index (Phi) is 6.61. The molecule has 0 saturated carbocycles. The number of carboxylic acid groups (broad SMARTS) is 1. The first-order valence-corrected chi connectivity index (χ1v) is 11.0. The third-order valence-corrected chi connectivity index (χ3v) is 7.41. The molecule has 0 unspecified atom stereocenters. The van der Waals surface area contributed by atoms with E-state index in [1.807, 2.05) is 0 Å². The zero-order valence-electron chi connectivity index (χ0n) is 13.8. The molecule has 1 fully saturated rings. The molecule has 0 atom stereocenters. The summed E-state index contributed by atoms with van der Waals surface area (Å²) in [5.74, 6) is -1.48. The van der Waals surface area contributed by atoms with E-state index in [1.54, 1.807) is 0 Å². The maximum absolute atomic E-state index is 12.8. The Morgan fingerprint density at radius 3 is 2.35 bits per heavy atom. The van der Waals surface area contributed by atoms with Crippen LogP contribution in [0.25, 0.3) is 0 Å². The van der Waals surface area contributed by atoms with Gasteiger partial charge in [0, 0.05) is 35.9 Å². The molecule has 2 N–H and O–H groups in total. The van der Waals surface area contributed by atoms with Gasteiger partial charge in [-0.2, -0.15) is 4.72 Å². The highest BCUT2D eigenvalue weighted by molar-refractivity contribution is 9.08. The van der Waals surface area contributed by atoms with Crippen molar-refractivity contribution in [3.63, 3.8) is 0 Å². The van der Waals surface area contributed by atoms with Crippen molar-refractivity contribution in [2.45, 2.75) is 35.5 Å². The third-order valence-electron chi connectivity index (χ3n) is 4.38. The SMILES string of the molecule is CC(=O)N1CCC(NS(=O)(=O)c2ccc(Cl)c(CBr)c2Cl)(C(=O)O)CC1. The summed E-state index contributed by atoms with van der Waals surface area (Å²) in [4.78, 5) is 24.5. The Balaban J connectivity index is 2.38. The van der Waals surface area contributed by atoms with Gasteiger partial charge in [0.25, 0.3) is 0 Å². The van der Waals surface area contributed by atoms with E-state index in [1.165, 1.54) is 24.0 Å². The molecule has 1 aromatic carbocycles. The number of piperidine rings is 1. The first-order valence-electron chi connectivity index (χ1n) is 7.60. The molecule has 1 saturated heterocycles. The normalized spacial score (nSPS) is 17.2. The van der Waals surface area contributed by atoms with Gasteiger partial charge in [-0.1, -0.05) is 39.1 Å². The molecule has 144 valence electrons. The Bertz CT molecular complexity index is 839. The van der Waals surface area contributed by atoms with Gasteiger partial charge in [0.15, 0.2) is 0 Å². The number of hydrogen-bond acceptors (Lipinski definition) is 4. The lowest BCUT2D eigenvalue weighted by Gasteiger charge is -2.38. The number of nitrogens with zero attached hydrogens (tertiary/aromatic N) is 1. The molecule has 0 radical (unpaired) electrons. The van der Waals surface area contributed by atoms with Crippen molar-refractivity contribution in [2.75, 3.05) is 13.1 Å². The van der Waals surface area contributed by atoms with Gasteiger partial charge >= 0.3 is 5.97 Å². The number of amides is 1. The van der Waals surface area contributed by atoms with Crippen LogP contribution in [0, 0.1) is 0 Å². The van der Waals surface area contributed by atoms with Crippen LogP contribution >= 0.6 is 39.1 Å². The van der Waals surface area contributed by atoms with Crippen LogP contribution in [0.2, 0.25) is 10.0 Å². The van der Waals surface area contributed by atoms with Gasteiger partial charge in [0.05, 0.1) is 5.02 Å². The minimum atomic E-state index is -4.23. The van der Waals surface area contributed by atoms with E-state index in [0.29, 0.717) is 10.6 Å². The number of aliphatic carboxylic acids is 1. The lowest BCUT2D eigenvalue weighted by Crippen LogP contribution is -2.60. The number of benzene rings is 1. The summed E-state index contributed by atoms with van der Waals surface area (Å²) < 4.78 is 27.9. The Hall–Kier alpha value is -0.870. The fraction of sp³-hybridized carbons (Fsp3) is 0.467. The fourth-order valence-electron chi connectivity index (χ4n) is 2.78. The molecule has 11 heteroatoms. The predicted octanol–water partition coefficient (Wildman–Crippen LogP) is 2.63. The molecule has 0 aliphatic carbocycles. The van der Waals surface area contributed by atoms with E-state index < -0.39 is 21.5 Å². The van der Waals surface area contributed by atoms with E-state index in [4.69, 9.17) is 23.2 Å². The van der Waals surface area contributed by atoms with Crippen molar-refractivity contribution in [1.82, 2.24) is 9.62 Å². The van der Waals surface area contributed by atoms with Crippen LogP contribution in [0.3, 0.4) is 0 Å². The molecule has 7 nitrogen and oxygen atoms in total. The second kappa shape index (κ2) is 8.02. The summed E-state index contributed by atoms with van der Waals surface area (Å²) in [5.41, 5.74) is -1.31. The van der Waals surface area contributed by atoms with Crippen LogP contribution in [0.5, 0.6) is 0 Å². The van der Waals surface area contributed by atoms with Crippen LogP contribution in [-0.4, -0.2) is 48.9 Å². The van der Waals surface area contributed by atoms with Crippen molar-refractivity contribution in [1.29, 1.82) is 0 Å². The summed E-state index contributed by atoms with van der Waals surface area (Å²) in [7, 11) is -4.23. The van der Waals surface area contributed by atoms with Gasteiger partial charge in [0.2, 0.25) is 15.9 Å². The monoisotopic (exact) mass is 486 g/mol. The van der Waals surface area contributed by atoms with Gasteiger partial charge in [0.1, 0.15) is 10.4 Å². The van der Waals surface area contributed by atoms with Crippen molar-refractivity contribution in [2.24, 2.45) is 0 Å². The topological polar surface area (TPSA) is 104 Å². The minimum absolute atomic E-state index is 0.0440. The molecule has 26 heavy (non-hydrogen) atoms. The van der Waals surface area contributed by atoms with E-state index in [-0.39, 0.29) is 47.1 Å². The van der Waals surface area contributed by atoms with E-state index in [2.05, 4.69) is 20.7 Å². The summed E-state index contributed by atoms with van der Waals surface area (Å²) in [6.45, 7) is 1.67. The molecule has 0 spiro atoms. The van der Waals surface area contributed by atoms with Gasteiger partial charge in [-0.05, 0) is 25.0 Å². The first kappa shape index (κ1) is 21.4. The van der Waals surface area contributed by atoms with Gasteiger partial charge in [-0.25, -0.2) is 8.42 Å². The van der Waals surface area contributed by atoms with Crippen LogP contribution in [0.15, 0.2) is 17.0 Å². The summed E-state index contributed by atoms with van der Waals surface area (Å²) >= 11 is 15.4. The molecule has 1 aromatic rings. The van der Waals surface area contributed by atoms with E-state index in [9.17, 15) is 23.1 Å². The van der Waals surface area contributed by atoms with Crippen molar-refractivity contribution < 1.29 is 23.1 Å². The number of alkyl halides is 1. The van der Waals surface area contributed by atoms with Gasteiger partial charge in [-0.15, -0.1) is 0 Å². The van der Waals surface area contributed by atoms with Crippen LogP contribution in [0.4, 0.5) is 0 Å². The number of sulfonamides is 1. The number of carboxylic acids is 1. The Morgan fingerprint density at radius 1 is 1.31 bits per heavy atom. The molecule has 0 bridgehead atoms. The Morgan fingerprint density at radius 2 is 1.88 bits per heavy atom. The standard InChI is InChI=1S/C15H17BrCl2N2O5S/c1-9(21)20-6-4-15(5-7-20,14(22)23)19-26(24,25)12-3-2-11(17)10(8-16)13(12)18/h2-3,19H,4-8H2,1H3,(H,22,23). The first-order chi connectivity index (χ1) is 12.0. The quantitative estimate of drug-likeness (QED) is 0.621. The molecular formula is C15H17BrCl2N2O5S. The highest BCUT2D eigenvalue weighted by Crippen LogP contribution is 2.34. The highest BCUT2D eigenvalue weighted by atomic mass is 79.9. The number of likely N-dealkylation sites (tertiary alicyclic amines) is 1. The highest BCUT2D eigenvalue weighted by Gasteiger charge is 2.45. The van der Waals surface area contributed by atoms with Crippen LogP contribution in [-0.2, 0) is 24.9 Å². The lowest BCUT2D eigenvalue weighted by molar-refractivity contribution is -0.148. The zero-order chi connectivity index (χ0) is 19.7. The molecule has 1 aliphatic heterocycles. The largest absolute Gasteiger partial charge is 0.480 e. The number of carbonyl (C=O) groups is 2. The van der Waals surface area contributed by atoms with Crippen LogP contribution < -0.4 is 4.72 Å². The van der Waals surface area contributed by atoms with Gasteiger partial charge < -0.3 is 10.0 Å². The lowest BCUT2D eigenvalue weighted by atomic mass is 9.89. The molecule has 0 aromatic heterocycles. The number of halogens is 3. The number of rotatable bonds is 5. The number of carbonyl (C=O) groups excluding carboxylic acids is 1. The van der Waals surface area contributed by atoms with E-state index in [0.717, 1.165) is 0 Å². The Labute approximate surface area is 169 Å². The van der Waals surface area contributed by atoms with E-state index >= 15 is 0 Å². The molecule has 2 rings (SSSR count). The second-order valence-corrected chi connectivity index (χ2v) is 8.97. The summed E-state index contributed by atoms with van der Waals surface area (Å²) in [6, 6.07) is 2.63. The molecule has 1 aliphatic rings. The fourth-order valence-corrected chi connectivity index (χ4v) is 6.02.